The number of anilines is 1. The van der Waals surface area contributed by atoms with Crippen LogP contribution in [0.2, 0.25) is 0 Å². The van der Waals surface area contributed by atoms with Gasteiger partial charge in [0, 0.05) is 31.5 Å². The average Bonchev–Trinajstić information content (AvgIpc) is 2.41. The smallest absolute Gasteiger partial charge is 0.121 e. The first-order valence-electron chi connectivity index (χ1n) is 7.04. The van der Waals surface area contributed by atoms with Crippen LogP contribution in [0, 0.1) is 0 Å². The highest BCUT2D eigenvalue weighted by atomic mass is 16.5. The summed E-state index contributed by atoms with van der Waals surface area (Å²) in [4.78, 5) is 2.37. The lowest BCUT2D eigenvalue weighted by atomic mass is 10.3. The highest BCUT2D eigenvalue weighted by molar-refractivity contribution is 5.43. The topological polar surface area (TPSA) is 47.7 Å². The zero-order valence-electron chi connectivity index (χ0n) is 12.1. The van der Waals surface area contributed by atoms with Gasteiger partial charge >= 0.3 is 0 Å². The lowest BCUT2D eigenvalue weighted by Crippen LogP contribution is -2.29. The molecule has 0 saturated heterocycles. The first kappa shape index (κ1) is 15.8. The van der Waals surface area contributed by atoms with Crippen molar-refractivity contribution in [3.8, 4) is 5.75 Å². The Morgan fingerprint density at radius 2 is 2.00 bits per heavy atom. The maximum absolute atomic E-state index is 5.70. The Labute approximate surface area is 116 Å². The number of nitrogen functional groups attached to an aromatic ring is 1. The summed E-state index contributed by atoms with van der Waals surface area (Å²) < 4.78 is 11.0. The Morgan fingerprint density at radius 1 is 1.16 bits per heavy atom. The van der Waals surface area contributed by atoms with Gasteiger partial charge in [0.15, 0.2) is 0 Å². The molecule has 1 rings (SSSR count). The maximum Gasteiger partial charge on any atom is 0.121 e. The van der Waals surface area contributed by atoms with Crippen molar-refractivity contribution < 1.29 is 9.47 Å². The molecule has 0 unspecified atom stereocenters. The molecule has 0 heterocycles. The summed E-state index contributed by atoms with van der Waals surface area (Å²) in [5.41, 5.74) is 6.44. The van der Waals surface area contributed by atoms with Crippen LogP contribution in [-0.4, -0.2) is 44.4 Å². The van der Waals surface area contributed by atoms with Gasteiger partial charge in [-0.15, -0.1) is 0 Å². The highest BCUT2D eigenvalue weighted by Gasteiger charge is 2.02. The molecule has 0 fully saturated rings. The molecular weight excluding hydrogens is 240 g/mol. The van der Waals surface area contributed by atoms with Crippen molar-refractivity contribution >= 4 is 5.69 Å². The highest BCUT2D eigenvalue weighted by Crippen LogP contribution is 2.14. The van der Waals surface area contributed by atoms with E-state index in [0.29, 0.717) is 6.61 Å². The zero-order chi connectivity index (χ0) is 13.9. The number of hydrogen-bond donors (Lipinski definition) is 1. The van der Waals surface area contributed by atoms with Crippen LogP contribution in [0.4, 0.5) is 5.69 Å². The number of nitrogens with zero attached hydrogens (tertiary/aromatic N) is 1. The molecular formula is C15H26N2O2. The van der Waals surface area contributed by atoms with E-state index in [1.807, 2.05) is 31.2 Å². The van der Waals surface area contributed by atoms with E-state index in [2.05, 4.69) is 11.8 Å². The monoisotopic (exact) mass is 266 g/mol. The molecule has 4 nitrogen and oxygen atoms in total. The van der Waals surface area contributed by atoms with E-state index in [4.69, 9.17) is 15.2 Å². The number of nitrogens with two attached hydrogens (primary N) is 1. The van der Waals surface area contributed by atoms with Gasteiger partial charge in [-0.2, -0.15) is 0 Å². The molecule has 0 aliphatic heterocycles. The minimum absolute atomic E-state index is 0.717. The van der Waals surface area contributed by atoms with Crippen LogP contribution in [0.15, 0.2) is 24.3 Å². The summed E-state index contributed by atoms with van der Waals surface area (Å²) in [6.45, 7) is 9.57. The second-order valence-corrected chi connectivity index (χ2v) is 4.41. The van der Waals surface area contributed by atoms with Gasteiger partial charge in [0.25, 0.3) is 0 Å². The Balaban J connectivity index is 2.14. The van der Waals surface area contributed by atoms with Crippen molar-refractivity contribution in [2.45, 2.75) is 20.3 Å². The molecule has 0 bridgehead atoms. The molecule has 0 atom stereocenters. The van der Waals surface area contributed by atoms with Gasteiger partial charge in [-0.05, 0) is 32.0 Å². The largest absolute Gasteiger partial charge is 0.493 e. The predicted molar refractivity (Wildman–Crippen MR) is 79.6 cm³/mol. The van der Waals surface area contributed by atoms with E-state index in [9.17, 15) is 0 Å². The van der Waals surface area contributed by atoms with Crippen LogP contribution < -0.4 is 10.5 Å². The number of benzene rings is 1. The molecule has 0 radical (unpaired) electrons. The Morgan fingerprint density at radius 3 is 2.68 bits per heavy atom. The Hall–Kier alpha value is -1.26. The lowest BCUT2D eigenvalue weighted by molar-refractivity contribution is 0.112. The third-order valence-corrected chi connectivity index (χ3v) is 2.95. The number of rotatable bonds is 10. The van der Waals surface area contributed by atoms with Crippen molar-refractivity contribution in [2.75, 3.05) is 45.2 Å². The fourth-order valence-electron chi connectivity index (χ4n) is 1.85. The van der Waals surface area contributed by atoms with Gasteiger partial charge in [-0.1, -0.05) is 13.0 Å². The average molecular weight is 266 g/mol. The first-order valence-corrected chi connectivity index (χ1v) is 7.04. The summed E-state index contributed by atoms with van der Waals surface area (Å²) in [6, 6.07) is 7.56. The second-order valence-electron chi connectivity index (χ2n) is 4.41. The van der Waals surface area contributed by atoms with Gasteiger partial charge in [0.05, 0.1) is 13.2 Å². The van der Waals surface area contributed by atoms with Gasteiger partial charge in [-0.25, -0.2) is 0 Å². The van der Waals surface area contributed by atoms with Crippen molar-refractivity contribution in [1.29, 1.82) is 0 Å². The number of hydrogen-bond acceptors (Lipinski definition) is 4. The van der Waals surface area contributed by atoms with E-state index in [0.717, 1.165) is 50.7 Å². The van der Waals surface area contributed by atoms with Gasteiger partial charge in [0.1, 0.15) is 5.75 Å². The van der Waals surface area contributed by atoms with E-state index in [1.165, 1.54) is 0 Å². The third-order valence-electron chi connectivity index (χ3n) is 2.95. The van der Waals surface area contributed by atoms with Gasteiger partial charge in [-0.3, -0.25) is 0 Å². The zero-order valence-corrected chi connectivity index (χ0v) is 12.1. The molecule has 0 amide bonds. The quantitative estimate of drug-likeness (QED) is 0.522. The molecule has 2 N–H and O–H groups in total. The predicted octanol–water partition coefficient (Wildman–Crippen LogP) is 2.40. The summed E-state index contributed by atoms with van der Waals surface area (Å²) in [5, 5.41) is 0. The van der Waals surface area contributed by atoms with Crippen molar-refractivity contribution in [1.82, 2.24) is 4.90 Å². The van der Waals surface area contributed by atoms with E-state index in [-0.39, 0.29) is 0 Å². The summed E-state index contributed by atoms with van der Waals surface area (Å²) in [6.07, 6.45) is 1.01. The number of likely N-dealkylation sites (N-methyl/N-ethyl adjacent to an activating group) is 1. The molecule has 19 heavy (non-hydrogen) atoms. The minimum Gasteiger partial charge on any atom is -0.493 e. The molecule has 0 spiro atoms. The van der Waals surface area contributed by atoms with Gasteiger partial charge in [0.2, 0.25) is 0 Å². The maximum atomic E-state index is 5.70. The summed E-state index contributed by atoms with van der Waals surface area (Å²) in [5.74, 6) is 0.845. The second kappa shape index (κ2) is 9.64. The van der Waals surface area contributed by atoms with E-state index >= 15 is 0 Å². The van der Waals surface area contributed by atoms with Crippen molar-refractivity contribution in [2.24, 2.45) is 0 Å². The molecule has 1 aromatic rings. The first-order chi connectivity index (χ1) is 9.26. The van der Waals surface area contributed by atoms with Crippen molar-refractivity contribution in [3.05, 3.63) is 24.3 Å². The minimum atomic E-state index is 0.717. The molecule has 0 saturated carbocycles. The molecule has 0 aliphatic carbocycles. The Bertz CT molecular complexity index is 345. The molecule has 0 aromatic heterocycles. The normalized spacial score (nSPS) is 10.9. The molecule has 1 aromatic carbocycles. The Kier molecular flexibility index (Phi) is 8.02. The van der Waals surface area contributed by atoms with E-state index < -0.39 is 0 Å². The van der Waals surface area contributed by atoms with Crippen LogP contribution >= 0.6 is 0 Å². The van der Waals surface area contributed by atoms with Crippen LogP contribution in [0.25, 0.3) is 0 Å². The molecule has 108 valence electrons. The van der Waals surface area contributed by atoms with Crippen LogP contribution in [0.3, 0.4) is 0 Å². The van der Waals surface area contributed by atoms with Crippen LogP contribution in [0.5, 0.6) is 5.75 Å². The fraction of sp³-hybridized carbons (Fsp3) is 0.600. The standard InChI is InChI=1S/C15H26N2O2/c1-3-17(10-12-18-4-2)9-6-11-19-15-8-5-7-14(16)13-15/h5,7-8,13H,3-4,6,9-12,16H2,1-2H3. The van der Waals surface area contributed by atoms with Gasteiger partial charge < -0.3 is 20.1 Å². The van der Waals surface area contributed by atoms with Crippen LogP contribution in [-0.2, 0) is 4.74 Å². The van der Waals surface area contributed by atoms with Crippen LogP contribution in [0.1, 0.15) is 20.3 Å². The van der Waals surface area contributed by atoms with Crippen molar-refractivity contribution in [3.63, 3.8) is 0 Å². The number of ether oxygens (including phenoxy) is 2. The summed E-state index contributed by atoms with van der Waals surface area (Å²) in [7, 11) is 0. The van der Waals surface area contributed by atoms with E-state index in [1.54, 1.807) is 0 Å². The molecule has 0 aliphatic rings. The SMILES string of the molecule is CCOCCN(CC)CCCOc1cccc(N)c1. The molecule has 4 heteroatoms. The lowest BCUT2D eigenvalue weighted by Gasteiger charge is -2.20. The fourth-order valence-corrected chi connectivity index (χ4v) is 1.85. The third kappa shape index (κ3) is 7.03. The summed E-state index contributed by atoms with van der Waals surface area (Å²) >= 11 is 0.